The van der Waals surface area contributed by atoms with Gasteiger partial charge in [-0.15, -0.1) is 0 Å². The quantitative estimate of drug-likeness (QED) is 0.782. The molecule has 3 atom stereocenters. The molecular weight excluding hydrogens is 330 g/mol. The summed E-state index contributed by atoms with van der Waals surface area (Å²) < 4.78 is 5.54. The van der Waals surface area contributed by atoms with E-state index in [1.54, 1.807) is 11.8 Å². The third kappa shape index (κ3) is 3.04. The summed E-state index contributed by atoms with van der Waals surface area (Å²) in [5, 5.41) is 0. The topological polar surface area (TPSA) is 63.7 Å². The number of carbonyl (C=O) groups excluding carboxylic acids is 3. The van der Waals surface area contributed by atoms with E-state index in [1.807, 2.05) is 24.3 Å². The molecule has 5 nitrogen and oxygen atoms in total. The van der Waals surface area contributed by atoms with Crippen LogP contribution in [0.5, 0.6) is 0 Å². The number of rotatable bonds is 3. The average Bonchev–Trinajstić information content (AvgIpc) is 3.04. The number of fused-ring (bicyclic) bond motifs is 3. The number of para-hydroxylation sites is 1. The fraction of sp³-hybridized carbons (Fsp3) is 0.571. The first kappa shape index (κ1) is 17.3. The molecule has 0 radical (unpaired) electrons. The van der Waals surface area contributed by atoms with Crippen molar-refractivity contribution in [2.75, 3.05) is 11.4 Å². The molecule has 4 rings (SSSR count). The number of nitrogens with zero attached hydrogens (tertiary/aromatic N) is 1. The lowest BCUT2D eigenvalue weighted by Gasteiger charge is -2.36. The number of carbonyl (C=O) groups is 3. The average molecular weight is 355 g/mol. The molecule has 2 saturated carbocycles. The predicted molar refractivity (Wildman–Crippen MR) is 96.6 cm³/mol. The first-order valence-corrected chi connectivity index (χ1v) is 9.68. The maximum atomic E-state index is 12.8. The number of hydrogen-bond acceptors (Lipinski definition) is 4. The van der Waals surface area contributed by atoms with E-state index in [0.29, 0.717) is 25.2 Å². The molecule has 1 aromatic rings. The van der Waals surface area contributed by atoms with Gasteiger partial charge in [0, 0.05) is 24.1 Å². The summed E-state index contributed by atoms with van der Waals surface area (Å²) in [4.78, 5) is 39.3. The standard InChI is InChI=1S/C21H25NO4/c1-13(20(24)22-10-9-14-5-2-3-8-18(14)22)26-21(25)17-11-15-6-4-7-16(12-17)19(15)23/h2-3,5,8,13,15-17H,4,6-7,9-12H2,1H3/t13-,15+,16+/m1/s1. The van der Waals surface area contributed by atoms with Crippen molar-refractivity contribution in [3.63, 3.8) is 0 Å². The van der Waals surface area contributed by atoms with Crippen molar-refractivity contribution < 1.29 is 19.1 Å². The lowest BCUT2D eigenvalue weighted by Crippen LogP contribution is -2.43. The van der Waals surface area contributed by atoms with Gasteiger partial charge in [-0.3, -0.25) is 14.4 Å². The van der Waals surface area contributed by atoms with Gasteiger partial charge in [0.1, 0.15) is 5.78 Å². The Morgan fingerprint density at radius 3 is 2.58 bits per heavy atom. The molecule has 0 aromatic heterocycles. The second-order valence-corrected chi connectivity index (χ2v) is 7.84. The summed E-state index contributed by atoms with van der Waals surface area (Å²) >= 11 is 0. The molecule has 1 aromatic carbocycles. The minimum Gasteiger partial charge on any atom is -0.452 e. The van der Waals surface area contributed by atoms with Gasteiger partial charge >= 0.3 is 5.97 Å². The van der Waals surface area contributed by atoms with Crippen LogP contribution in [-0.4, -0.2) is 30.3 Å². The smallest absolute Gasteiger partial charge is 0.309 e. The van der Waals surface area contributed by atoms with Crippen LogP contribution in [0.25, 0.3) is 0 Å². The Labute approximate surface area is 153 Å². The first-order valence-electron chi connectivity index (χ1n) is 9.68. The first-order chi connectivity index (χ1) is 12.5. The van der Waals surface area contributed by atoms with Crippen molar-refractivity contribution in [1.29, 1.82) is 0 Å². The second kappa shape index (κ2) is 6.86. The van der Waals surface area contributed by atoms with E-state index < -0.39 is 6.10 Å². The number of ketones is 1. The summed E-state index contributed by atoms with van der Waals surface area (Å²) in [7, 11) is 0. The van der Waals surface area contributed by atoms with Crippen molar-refractivity contribution in [3.8, 4) is 0 Å². The minimum absolute atomic E-state index is 0.0107. The molecule has 0 spiro atoms. The zero-order valence-corrected chi connectivity index (χ0v) is 15.1. The lowest BCUT2D eigenvalue weighted by molar-refractivity contribution is -0.161. The van der Waals surface area contributed by atoms with Crippen LogP contribution in [0.2, 0.25) is 0 Å². The van der Waals surface area contributed by atoms with Gasteiger partial charge in [-0.05, 0) is 50.7 Å². The molecule has 5 heteroatoms. The van der Waals surface area contributed by atoms with Crippen LogP contribution < -0.4 is 4.90 Å². The predicted octanol–water partition coefficient (Wildman–Crippen LogP) is 2.90. The van der Waals surface area contributed by atoms with Crippen LogP contribution in [0.1, 0.15) is 44.6 Å². The van der Waals surface area contributed by atoms with Gasteiger partial charge in [-0.1, -0.05) is 24.6 Å². The summed E-state index contributed by atoms with van der Waals surface area (Å²) in [6.07, 6.45) is 4.05. The van der Waals surface area contributed by atoms with Gasteiger partial charge in [0.25, 0.3) is 5.91 Å². The number of hydrogen-bond donors (Lipinski definition) is 0. The van der Waals surface area contributed by atoms with Gasteiger partial charge in [-0.25, -0.2) is 0 Å². The van der Waals surface area contributed by atoms with Gasteiger partial charge in [0.05, 0.1) is 5.92 Å². The van der Waals surface area contributed by atoms with E-state index in [1.165, 1.54) is 0 Å². The number of benzene rings is 1. The maximum Gasteiger partial charge on any atom is 0.309 e. The molecule has 1 heterocycles. The highest BCUT2D eigenvalue weighted by atomic mass is 16.5. The van der Waals surface area contributed by atoms with Crippen LogP contribution in [0, 0.1) is 17.8 Å². The summed E-state index contributed by atoms with van der Waals surface area (Å²) in [5.74, 6) is -0.381. The van der Waals surface area contributed by atoms with E-state index in [9.17, 15) is 14.4 Å². The molecule has 138 valence electrons. The van der Waals surface area contributed by atoms with Crippen molar-refractivity contribution >= 4 is 23.3 Å². The Bertz CT molecular complexity index is 727. The third-order valence-electron chi connectivity index (χ3n) is 6.18. The van der Waals surface area contributed by atoms with Crippen LogP contribution >= 0.6 is 0 Å². The lowest BCUT2D eigenvalue weighted by atomic mass is 9.67. The molecule has 2 aliphatic carbocycles. The monoisotopic (exact) mass is 355 g/mol. The molecule has 0 N–H and O–H groups in total. The number of Topliss-reactive ketones (excluding diaryl/α,β-unsaturated/α-hetero) is 1. The Hall–Kier alpha value is -2.17. The summed E-state index contributed by atoms with van der Waals surface area (Å²) in [5.41, 5.74) is 2.07. The zero-order valence-electron chi connectivity index (χ0n) is 15.1. The highest BCUT2D eigenvalue weighted by molar-refractivity contribution is 5.99. The molecule has 1 aliphatic heterocycles. The molecule has 3 aliphatic rings. The van der Waals surface area contributed by atoms with Crippen molar-refractivity contribution in [2.24, 2.45) is 17.8 Å². The fourth-order valence-corrected chi connectivity index (χ4v) is 4.78. The van der Waals surface area contributed by atoms with E-state index in [-0.39, 0.29) is 29.6 Å². The van der Waals surface area contributed by atoms with Gasteiger partial charge < -0.3 is 9.64 Å². The number of amides is 1. The Morgan fingerprint density at radius 1 is 1.15 bits per heavy atom. The highest BCUT2D eigenvalue weighted by Gasteiger charge is 2.42. The van der Waals surface area contributed by atoms with E-state index in [0.717, 1.165) is 36.9 Å². The van der Waals surface area contributed by atoms with Gasteiger partial charge in [-0.2, -0.15) is 0 Å². The van der Waals surface area contributed by atoms with E-state index in [4.69, 9.17) is 4.74 Å². The molecule has 2 bridgehead atoms. The molecule has 0 saturated heterocycles. The van der Waals surface area contributed by atoms with Crippen LogP contribution in [0.4, 0.5) is 5.69 Å². The normalized spacial score (nSPS) is 28.4. The van der Waals surface area contributed by atoms with Crippen LogP contribution in [0.15, 0.2) is 24.3 Å². The Balaban J connectivity index is 1.39. The molecule has 2 fully saturated rings. The van der Waals surface area contributed by atoms with Gasteiger partial charge in [0.15, 0.2) is 6.10 Å². The van der Waals surface area contributed by atoms with Crippen LogP contribution in [-0.2, 0) is 25.5 Å². The Kier molecular flexibility index (Phi) is 4.55. The minimum atomic E-state index is -0.800. The third-order valence-corrected chi connectivity index (χ3v) is 6.18. The zero-order chi connectivity index (χ0) is 18.3. The van der Waals surface area contributed by atoms with E-state index in [2.05, 4.69) is 0 Å². The molecule has 26 heavy (non-hydrogen) atoms. The summed E-state index contributed by atoms with van der Waals surface area (Å²) in [6.45, 7) is 2.28. The largest absolute Gasteiger partial charge is 0.452 e. The maximum absolute atomic E-state index is 12.8. The number of esters is 1. The second-order valence-electron chi connectivity index (χ2n) is 7.84. The van der Waals surface area contributed by atoms with Crippen molar-refractivity contribution in [3.05, 3.63) is 29.8 Å². The fourth-order valence-electron chi connectivity index (χ4n) is 4.78. The van der Waals surface area contributed by atoms with Crippen molar-refractivity contribution in [2.45, 2.75) is 51.6 Å². The van der Waals surface area contributed by atoms with E-state index >= 15 is 0 Å². The van der Waals surface area contributed by atoms with Crippen molar-refractivity contribution in [1.82, 2.24) is 0 Å². The number of anilines is 1. The summed E-state index contributed by atoms with van der Waals surface area (Å²) in [6, 6.07) is 7.84. The Morgan fingerprint density at radius 2 is 1.85 bits per heavy atom. The van der Waals surface area contributed by atoms with Gasteiger partial charge in [0.2, 0.25) is 0 Å². The SMILES string of the molecule is C[C@@H](OC(=O)C1C[C@@H]2CCC[C@@H](C1)C2=O)C(=O)N1CCc2ccccc21. The molecular formula is C21H25NO4. The number of ether oxygens (including phenoxy) is 1. The van der Waals surface area contributed by atoms with Crippen LogP contribution in [0.3, 0.4) is 0 Å². The molecule has 1 amide bonds. The molecule has 0 unspecified atom stereocenters. The highest BCUT2D eigenvalue weighted by Crippen LogP contribution is 2.40.